The first-order valence-corrected chi connectivity index (χ1v) is 9.25. The van der Waals surface area contributed by atoms with Crippen LogP contribution in [-0.4, -0.2) is 19.9 Å². The van der Waals surface area contributed by atoms with E-state index in [0.29, 0.717) is 0 Å². The van der Waals surface area contributed by atoms with Gasteiger partial charge in [-0.3, -0.25) is 0 Å². The highest BCUT2D eigenvalue weighted by Gasteiger charge is 2.30. The summed E-state index contributed by atoms with van der Waals surface area (Å²) in [6.07, 6.45) is 2.83. The highest BCUT2D eigenvalue weighted by Crippen LogP contribution is 2.35. The van der Waals surface area contributed by atoms with Gasteiger partial charge in [0.2, 0.25) is 0 Å². The van der Waals surface area contributed by atoms with Crippen LogP contribution in [-0.2, 0) is 11.8 Å². The average Bonchev–Trinajstić information content (AvgIpc) is 3.19. The molecule has 0 aliphatic heterocycles. The lowest BCUT2D eigenvalue weighted by Gasteiger charge is -2.19. The van der Waals surface area contributed by atoms with Crippen molar-refractivity contribution in [3.63, 3.8) is 0 Å². The molecule has 4 aromatic rings. The Labute approximate surface area is 142 Å². The molecule has 0 saturated carbocycles. The van der Waals surface area contributed by atoms with E-state index in [1.165, 1.54) is 0 Å². The molecule has 4 heterocycles. The Morgan fingerprint density at radius 3 is 2.74 bits per heavy atom. The maximum atomic E-state index is 4.78. The minimum Gasteiger partial charge on any atom is -0.240 e. The third kappa shape index (κ3) is 2.42. The molecule has 6 heteroatoms. The third-order valence-corrected chi connectivity index (χ3v) is 6.09. The average molecular weight is 340 g/mol. The number of hydrogen-bond acceptors (Lipinski definition) is 6. The number of aryl methyl sites for hydroxylation is 1. The van der Waals surface area contributed by atoms with Crippen molar-refractivity contribution in [1.82, 2.24) is 19.9 Å². The Balaban J connectivity index is 1.83. The normalized spacial score (nSPS) is 12.3. The number of fused-ring (bicyclic) bond motifs is 2. The van der Waals surface area contributed by atoms with Gasteiger partial charge in [0, 0.05) is 17.3 Å². The summed E-state index contributed by atoms with van der Waals surface area (Å²) in [5.41, 5.74) is 1.71. The summed E-state index contributed by atoms with van der Waals surface area (Å²) in [4.78, 5) is 20.8. The lowest BCUT2D eigenvalue weighted by Crippen LogP contribution is -2.21. The van der Waals surface area contributed by atoms with Gasteiger partial charge in [-0.2, -0.15) is 0 Å². The molecule has 4 rings (SSSR count). The topological polar surface area (TPSA) is 51.6 Å². The fraction of sp³-hybridized carbons (Fsp3) is 0.294. The Kier molecular flexibility index (Phi) is 3.39. The highest BCUT2D eigenvalue weighted by molar-refractivity contribution is 7.18. The summed E-state index contributed by atoms with van der Waals surface area (Å²) in [5.74, 6) is 0.808. The van der Waals surface area contributed by atoms with E-state index in [2.05, 4.69) is 36.8 Å². The second kappa shape index (κ2) is 5.32. The number of thiazole rings is 1. The van der Waals surface area contributed by atoms with Gasteiger partial charge in [0.15, 0.2) is 0 Å². The van der Waals surface area contributed by atoms with E-state index >= 15 is 0 Å². The summed E-state index contributed by atoms with van der Waals surface area (Å²) in [6, 6.07) is 6.15. The van der Waals surface area contributed by atoms with Crippen molar-refractivity contribution < 1.29 is 0 Å². The number of pyridine rings is 1. The smallest absolute Gasteiger partial charge is 0.143 e. The van der Waals surface area contributed by atoms with E-state index in [9.17, 15) is 0 Å². The van der Waals surface area contributed by atoms with Crippen molar-refractivity contribution in [3.8, 4) is 0 Å². The molecule has 0 fully saturated rings. The maximum Gasteiger partial charge on any atom is 0.143 e. The third-order valence-electron chi connectivity index (χ3n) is 3.98. The molecule has 0 unspecified atom stereocenters. The van der Waals surface area contributed by atoms with Gasteiger partial charge in [-0.15, -0.1) is 11.3 Å². The van der Waals surface area contributed by atoms with Crippen LogP contribution < -0.4 is 0 Å². The van der Waals surface area contributed by atoms with E-state index in [4.69, 9.17) is 9.97 Å². The second-order valence-electron chi connectivity index (χ2n) is 6.00. The minimum absolute atomic E-state index is 0.337. The fourth-order valence-electron chi connectivity index (χ4n) is 2.47. The molecule has 0 aliphatic carbocycles. The Bertz CT molecular complexity index is 1000. The van der Waals surface area contributed by atoms with Crippen LogP contribution in [0.5, 0.6) is 0 Å². The molecule has 4 nitrogen and oxygen atoms in total. The van der Waals surface area contributed by atoms with Gasteiger partial charge in [0.05, 0.1) is 5.41 Å². The Morgan fingerprint density at radius 1 is 1.04 bits per heavy atom. The van der Waals surface area contributed by atoms with E-state index < -0.39 is 0 Å². The van der Waals surface area contributed by atoms with Crippen LogP contribution in [0, 0.1) is 0 Å². The van der Waals surface area contributed by atoms with Gasteiger partial charge in [-0.25, -0.2) is 19.9 Å². The highest BCUT2D eigenvalue weighted by atomic mass is 32.1. The van der Waals surface area contributed by atoms with Gasteiger partial charge in [-0.1, -0.05) is 18.3 Å². The maximum absolute atomic E-state index is 4.78. The molecule has 116 valence electrons. The van der Waals surface area contributed by atoms with Crippen molar-refractivity contribution in [1.29, 1.82) is 0 Å². The zero-order valence-corrected chi connectivity index (χ0v) is 14.8. The van der Waals surface area contributed by atoms with Crippen LogP contribution >= 0.6 is 22.7 Å². The van der Waals surface area contributed by atoms with Crippen molar-refractivity contribution in [2.75, 3.05) is 0 Å². The first-order valence-electron chi connectivity index (χ1n) is 7.55. The zero-order chi connectivity index (χ0) is 16.0. The van der Waals surface area contributed by atoms with E-state index in [0.717, 1.165) is 43.5 Å². The quantitative estimate of drug-likeness (QED) is 0.547. The first-order chi connectivity index (χ1) is 11.1. The van der Waals surface area contributed by atoms with Crippen LogP contribution in [0.15, 0.2) is 29.8 Å². The van der Waals surface area contributed by atoms with Crippen LogP contribution in [0.4, 0.5) is 0 Å². The van der Waals surface area contributed by atoms with Gasteiger partial charge < -0.3 is 0 Å². The van der Waals surface area contributed by atoms with Crippen molar-refractivity contribution in [2.45, 2.75) is 32.6 Å². The number of aromatic nitrogens is 4. The lowest BCUT2D eigenvalue weighted by atomic mass is 9.93. The van der Waals surface area contributed by atoms with Gasteiger partial charge >= 0.3 is 0 Å². The summed E-state index contributed by atoms with van der Waals surface area (Å²) in [7, 11) is 0. The standard InChI is InChI=1S/C17H16N4S2/c1-4-11-5-6-12-14(19-11)23-16(20-12)17(2,3)15-18-9-10-7-8-22-13(10)21-15/h5-9H,4H2,1-3H3. The summed E-state index contributed by atoms with van der Waals surface area (Å²) in [5, 5.41) is 4.14. The molecule has 0 N–H and O–H groups in total. The minimum atomic E-state index is -0.337. The molecule has 23 heavy (non-hydrogen) atoms. The molecule has 0 atom stereocenters. The molecule has 0 bridgehead atoms. The van der Waals surface area contributed by atoms with Crippen LogP contribution in [0.2, 0.25) is 0 Å². The molecule has 0 radical (unpaired) electrons. The monoisotopic (exact) mass is 340 g/mol. The fourth-order valence-corrected chi connectivity index (χ4v) is 4.27. The van der Waals surface area contributed by atoms with Gasteiger partial charge in [0.25, 0.3) is 0 Å². The Hall–Kier alpha value is -1.92. The molecule has 0 saturated heterocycles. The van der Waals surface area contributed by atoms with Crippen LogP contribution in [0.3, 0.4) is 0 Å². The predicted molar refractivity (Wildman–Crippen MR) is 96.3 cm³/mol. The number of rotatable bonds is 3. The van der Waals surface area contributed by atoms with Crippen molar-refractivity contribution in [2.24, 2.45) is 0 Å². The second-order valence-corrected chi connectivity index (χ2v) is 7.87. The number of hydrogen-bond donors (Lipinski definition) is 0. The summed E-state index contributed by atoms with van der Waals surface area (Å²) < 4.78 is 0. The largest absolute Gasteiger partial charge is 0.240 e. The predicted octanol–water partition coefficient (Wildman–Crippen LogP) is 4.58. The zero-order valence-electron chi connectivity index (χ0n) is 13.2. The molecule has 4 aromatic heterocycles. The summed E-state index contributed by atoms with van der Waals surface area (Å²) in [6.45, 7) is 6.37. The van der Waals surface area contributed by atoms with Crippen molar-refractivity contribution >= 4 is 43.2 Å². The van der Waals surface area contributed by atoms with Gasteiger partial charge in [-0.05, 0) is 43.8 Å². The van der Waals surface area contributed by atoms with E-state index in [-0.39, 0.29) is 5.41 Å². The summed E-state index contributed by atoms with van der Waals surface area (Å²) >= 11 is 3.28. The van der Waals surface area contributed by atoms with E-state index in [1.54, 1.807) is 22.7 Å². The molecular formula is C17H16N4S2. The molecule has 0 spiro atoms. The van der Waals surface area contributed by atoms with Crippen molar-refractivity contribution in [3.05, 3.63) is 46.3 Å². The molecule has 0 aromatic carbocycles. The lowest BCUT2D eigenvalue weighted by molar-refractivity contribution is 0.591. The Morgan fingerprint density at radius 2 is 1.91 bits per heavy atom. The number of nitrogens with zero attached hydrogens (tertiary/aromatic N) is 4. The molecule has 0 aliphatic rings. The number of thiophene rings is 1. The SMILES string of the molecule is CCc1ccc2nc(C(C)(C)c3ncc4ccsc4n3)sc2n1. The molecular weight excluding hydrogens is 324 g/mol. The first kappa shape index (κ1) is 14.7. The molecule has 0 amide bonds. The van der Waals surface area contributed by atoms with Crippen LogP contribution in [0.1, 0.15) is 37.3 Å². The van der Waals surface area contributed by atoms with Gasteiger partial charge in [0.1, 0.15) is 26.0 Å². The van der Waals surface area contributed by atoms with Crippen LogP contribution in [0.25, 0.3) is 20.6 Å². The van der Waals surface area contributed by atoms with E-state index in [1.807, 2.05) is 23.7 Å².